The monoisotopic (exact) mass is 275 g/mol. The topological polar surface area (TPSA) is 57.6 Å². The second kappa shape index (κ2) is 6.55. The van der Waals surface area contributed by atoms with Crippen LogP contribution in [-0.2, 0) is 16.0 Å². The molecule has 20 heavy (non-hydrogen) atoms. The predicted molar refractivity (Wildman–Crippen MR) is 76.4 cm³/mol. The first-order valence-corrected chi connectivity index (χ1v) is 7.12. The maximum absolute atomic E-state index is 12.2. The molecule has 1 amide bonds. The smallest absolute Gasteiger partial charge is 0.308 e. The first kappa shape index (κ1) is 14.6. The van der Waals surface area contributed by atoms with Crippen molar-refractivity contribution in [1.29, 1.82) is 0 Å². The Hall–Kier alpha value is -1.84. The second-order valence-corrected chi connectivity index (χ2v) is 5.51. The molecule has 0 saturated carbocycles. The van der Waals surface area contributed by atoms with Crippen molar-refractivity contribution in [2.75, 3.05) is 13.1 Å². The van der Waals surface area contributed by atoms with E-state index in [-0.39, 0.29) is 5.91 Å². The van der Waals surface area contributed by atoms with Crippen molar-refractivity contribution >= 4 is 11.9 Å². The Labute approximate surface area is 119 Å². The van der Waals surface area contributed by atoms with Gasteiger partial charge in [0.2, 0.25) is 5.91 Å². The lowest BCUT2D eigenvalue weighted by molar-refractivity contribution is -0.145. The molecule has 0 aromatic heterocycles. The third kappa shape index (κ3) is 3.83. The van der Waals surface area contributed by atoms with E-state index in [1.807, 2.05) is 25.1 Å². The van der Waals surface area contributed by atoms with Crippen LogP contribution in [0.4, 0.5) is 0 Å². The van der Waals surface area contributed by atoms with E-state index in [2.05, 4.69) is 6.07 Å². The minimum absolute atomic E-state index is 0.0671. The first-order valence-electron chi connectivity index (χ1n) is 7.12. The highest BCUT2D eigenvalue weighted by molar-refractivity contribution is 5.78. The zero-order valence-electron chi connectivity index (χ0n) is 11.8. The Balaban J connectivity index is 1.87. The average Bonchev–Trinajstić information content (AvgIpc) is 2.45. The number of likely N-dealkylation sites (tertiary alicyclic amines) is 1. The Morgan fingerprint density at radius 3 is 2.90 bits per heavy atom. The molecule has 1 N–H and O–H groups in total. The second-order valence-electron chi connectivity index (χ2n) is 5.51. The summed E-state index contributed by atoms with van der Waals surface area (Å²) >= 11 is 0. The van der Waals surface area contributed by atoms with Crippen molar-refractivity contribution in [2.45, 2.75) is 32.6 Å². The van der Waals surface area contributed by atoms with Gasteiger partial charge in [-0.15, -0.1) is 0 Å². The lowest BCUT2D eigenvalue weighted by Crippen LogP contribution is -2.42. The van der Waals surface area contributed by atoms with Gasteiger partial charge in [-0.2, -0.15) is 0 Å². The standard InChI is InChI=1S/C16H21NO3/c1-12-4-2-5-13(10-12)7-8-15(18)17-9-3-6-14(11-17)16(19)20/h2,4-5,10,14H,3,6-9,11H2,1H3,(H,19,20). The fourth-order valence-corrected chi connectivity index (χ4v) is 2.68. The Morgan fingerprint density at radius 1 is 1.40 bits per heavy atom. The summed E-state index contributed by atoms with van der Waals surface area (Å²) in [6, 6.07) is 8.14. The molecule has 4 nitrogen and oxygen atoms in total. The van der Waals surface area contributed by atoms with Crippen LogP contribution >= 0.6 is 0 Å². The van der Waals surface area contributed by atoms with Gasteiger partial charge < -0.3 is 10.0 Å². The van der Waals surface area contributed by atoms with E-state index in [0.717, 1.165) is 18.4 Å². The van der Waals surface area contributed by atoms with Gasteiger partial charge in [0.1, 0.15) is 0 Å². The van der Waals surface area contributed by atoms with Crippen molar-refractivity contribution in [3.63, 3.8) is 0 Å². The first-order chi connectivity index (χ1) is 9.56. The van der Waals surface area contributed by atoms with E-state index >= 15 is 0 Å². The van der Waals surface area contributed by atoms with Crippen LogP contribution in [-0.4, -0.2) is 35.0 Å². The van der Waals surface area contributed by atoms with Crippen LogP contribution in [0.25, 0.3) is 0 Å². The summed E-state index contributed by atoms with van der Waals surface area (Å²) in [6.45, 7) is 3.09. The van der Waals surface area contributed by atoms with E-state index in [1.165, 1.54) is 5.56 Å². The van der Waals surface area contributed by atoms with Crippen molar-refractivity contribution in [3.05, 3.63) is 35.4 Å². The molecule has 1 aliphatic heterocycles. The molecule has 1 aliphatic rings. The molecule has 1 aromatic carbocycles. The number of carboxylic acid groups (broad SMARTS) is 1. The van der Waals surface area contributed by atoms with Gasteiger partial charge >= 0.3 is 5.97 Å². The zero-order valence-corrected chi connectivity index (χ0v) is 11.8. The molecule has 1 unspecified atom stereocenters. The summed E-state index contributed by atoms with van der Waals surface area (Å²) in [6.07, 6.45) is 2.63. The summed E-state index contributed by atoms with van der Waals surface area (Å²) in [7, 11) is 0. The lowest BCUT2D eigenvalue weighted by atomic mass is 9.97. The maximum Gasteiger partial charge on any atom is 0.308 e. The molecule has 0 spiro atoms. The number of aliphatic carboxylic acids is 1. The summed E-state index contributed by atoms with van der Waals surface area (Å²) < 4.78 is 0. The number of nitrogens with zero attached hydrogens (tertiary/aromatic N) is 1. The van der Waals surface area contributed by atoms with E-state index in [1.54, 1.807) is 4.90 Å². The summed E-state index contributed by atoms with van der Waals surface area (Å²) in [5.41, 5.74) is 2.35. The molecule has 1 aromatic rings. The van der Waals surface area contributed by atoms with E-state index in [0.29, 0.717) is 25.9 Å². The van der Waals surface area contributed by atoms with Crippen molar-refractivity contribution in [2.24, 2.45) is 5.92 Å². The maximum atomic E-state index is 12.2. The number of amides is 1. The van der Waals surface area contributed by atoms with Gasteiger partial charge in [0.15, 0.2) is 0 Å². The van der Waals surface area contributed by atoms with Crippen molar-refractivity contribution < 1.29 is 14.7 Å². The molecule has 1 saturated heterocycles. The van der Waals surface area contributed by atoms with Crippen LogP contribution < -0.4 is 0 Å². The number of carbonyl (C=O) groups excluding carboxylic acids is 1. The van der Waals surface area contributed by atoms with E-state index < -0.39 is 11.9 Å². The van der Waals surface area contributed by atoms with Gasteiger partial charge in [-0.1, -0.05) is 29.8 Å². The number of hydrogen-bond acceptors (Lipinski definition) is 2. The Bertz CT molecular complexity index is 498. The summed E-state index contributed by atoms with van der Waals surface area (Å²) in [5.74, 6) is -1.12. The SMILES string of the molecule is Cc1cccc(CCC(=O)N2CCCC(C(=O)O)C2)c1. The van der Waals surface area contributed by atoms with Crippen molar-refractivity contribution in [3.8, 4) is 0 Å². The van der Waals surface area contributed by atoms with Crippen LogP contribution in [0.5, 0.6) is 0 Å². The van der Waals surface area contributed by atoms with Gasteiger partial charge in [-0.05, 0) is 31.7 Å². The largest absolute Gasteiger partial charge is 0.481 e. The molecule has 0 radical (unpaired) electrons. The highest BCUT2D eigenvalue weighted by atomic mass is 16.4. The molecule has 108 valence electrons. The molecule has 1 heterocycles. The zero-order chi connectivity index (χ0) is 14.5. The van der Waals surface area contributed by atoms with Gasteiger partial charge in [-0.3, -0.25) is 9.59 Å². The van der Waals surface area contributed by atoms with E-state index in [4.69, 9.17) is 5.11 Å². The van der Waals surface area contributed by atoms with Crippen LogP contribution in [0.1, 0.15) is 30.4 Å². The number of benzene rings is 1. The number of rotatable bonds is 4. The van der Waals surface area contributed by atoms with Gasteiger partial charge in [0.25, 0.3) is 0 Å². The van der Waals surface area contributed by atoms with Crippen molar-refractivity contribution in [1.82, 2.24) is 4.90 Å². The molecule has 4 heteroatoms. The lowest BCUT2D eigenvalue weighted by Gasteiger charge is -2.30. The third-order valence-electron chi connectivity index (χ3n) is 3.83. The number of piperidine rings is 1. The van der Waals surface area contributed by atoms with Crippen LogP contribution in [0, 0.1) is 12.8 Å². The number of hydrogen-bond donors (Lipinski definition) is 1. The van der Waals surface area contributed by atoms with E-state index in [9.17, 15) is 9.59 Å². The van der Waals surface area contributed by atoms with Crippen LogP contribution in [0.15, 0.2) is 24.3 Å². The van der Waals surface area contributed by atoms with Crippen LogP contribution in [0.3, 0.4) is 0 Å². The number of carbonyl (C=O) groups is 2. The molecule has 1 fully saturated rings. The quantitative estimate of drug-likeness (QED) is 0.917. The molecular weight excluding hydrogens is 254 g/mol. The molecule has 2 rings (SSSR count). The molecule has 1 atom stereocenters. The minimum Gasteiger partial charge on any atom is -0.481 e. The van der Waals surface area contributed by atoms with Gasteiger partial charge in [-0.25, -0.2) is 0 Å². The highest BCUT2D eigenvalue weighted by Crippen LogP contribution is 2.18. The Kier molecular flexibility index (Phi) is 4.77. The Morgan fingerprint density at radius 2 is 2.20 bits per heavy atom. The number of aryl methyl sites for hydroxylation is 2. The molecule has 0 bridgehead atoms. The normalized spacial score (nSPS) is 18.9. The summed E-state index contributed by atoms with van der Waals surface area (Å²) in [4.78, 5) is 24.9. The van der Waals surface area contributed by atoms with Gasteiger partial charge in [0, 0.05) is 19.5 Å². The predicted octanol–water partition coefficient (Wildman–Crippen LogP) is 2.25. The minimum atomic E-state index is -0.791. The highest BCUT2D eigenvalue weighted by Gasteiger charge is 2.27. The fourth-order valence-electron chi connectivity index (χ4n) is 2.68. The van der Waals surface area contributed by atoms with Crippen LogP contribution in [0.2, 0.25) is 0 Å². The third-order valence-corrected chi connectivity index (χ3v) is 3.83. The average molecular weight is 275 g/mol. The molecular formula is C16H21NO3. The number of carboxylic acids is 1. The summed E-state index contributed by atoms with van der Waals surface area (Å²) in [5, 5.41) is 9.04. The fraction of sp³-hybridized carbons (Fsp3) is 0.500. The van der Waals surface area contributed by atoms with Gasteiger partial charge in [0.05, 0.1) is 5.92 Å². The molecule has 0 aliphatic carbocycles.